The first-order valence-corrected chi connectivity index (χ1v) is 9.87. The van der Waals surface area contributed by atoms with E-state index in [-0.39, 0.29) is 16.4 Å². The molecule has 1 amide bonds. The monoisotopic (exact) mass is 368 g/mol. The number of methoxy groups -OCH3 is 1. The number of nitriles is 1. The van der Waals surface area contributed by atoms with Crippen LogP contribution in [0.5, 0.6) is 5.75 Å². The Kier molecular flexibility index (Phi) is 3.74. The van der Waals surface area contributed by atoms with Crippen LogP contribution in [0.25, 0.3) is 0 Å². The van der Waals surface area contributed by atoms with Crippen molar-refractivity contribution >= 4 is 21.4 Å². The fourth-order valence-electron chi connectivity index (χ4n) is 3.36. The van der Waals surface area contributed by atoms with E-state index in [9.17, 15) is 18.5 Å². The fourth-order valence-corrected chi connectivity index (χ4v) is 4.88. The number of ether oxygens (including phenoxy) is 1. The average Bonchev–Trinajstić information content (AvgIpc) is 3.45. The van der Waals surface area contributed by atoms with Gasteiger partial charge in [0.25, 0.3) is 5.91 Å². The van der Waals surface area contributed by atoms with Crippen LogP contribution in [0.2, 0.25) is 0 Å². The fraction of sp³-hybridized carbons (Fsp3) is 0.263. The molecule has 0 radical (unpaired) electrons. The Morgan fingerprint density at radius 2 is 2.00 bits per heavy atom. The number of carbonyl (C=O) groups is 1. The summed E-state index contributed by atoms with van der Waals surface area (Å²) in [6.45, 7) is 0. The molecule has 132 valence electrons. The Morgan fingerprint density at radius 3 is 2.65 bits per heavy atom. The molecule has 0 atom stereocenters. The summed E-state index contributed by atoms with van der Waals surface area (Å²) in [5.74, 6) is -0.0438. The lowest BCUT2D eigenvalue weighted by molar-refractivity contribution is 0.0991. The van der Waals surface area contributed by atoms with E-state index in [1.54, 1.807) is 24.3 Å². The molecule has 2 aromatic rings. The van der Waals surface area contributed by atoms with E-state index >= 15 is 0 Å². The predicted octanol–water partition coefficient (Wildman–Crippen LogP) is 2.84. The van der Waals surface area contributed by atoms with Crippen LogP contribution in [0.15, 0.2) is 41.3 Å². The van der Waals surface area contributed by atoms with Crippen LogP contribution >= 0.6 is 0 Å². The Morgan fingerprint density at radius 1 is 1.27 bits per heavy atom. The highest BCUT2D eigenvalue weighted by atomic mass is 32.2. The second-order valence-corrected chi connectivity index (χ2v) is 8.40. The molecule has 0 aromatic heterocycles. The van der Waals surface area contributed by atoms with Crippen molar-refractivity contribution in [2.45, 2.75) is 23.7 Å². The first kappa shape index (κ1) is 16.6. The van der Waals surface area contributed by atoms with Crippen molar-refractivity contribution < 1.29 is 17.9 Å². The van der Waals surface area contributed by atoms with E-state index in [0.29, 0.717) is 17.0 Å². The van der Waals surface area contributed by atoms with Crippen LogP contribution in [0.4, 0.5) is 5.69 Å². The molecule has 0 saturated heterocycles. The summed E-state index contributed by atoms with van der Waals surface area (Å²) in [5.41, 5.74) is 1.80. The lowest BCUT2D eigenvalue weighted by atomic mass is 10.00. The Labute approximate surface area is 151 Å². The Bertz CT molecular complexity index is 1070. The molecule has 0 unspecified atom stereocenters. The zero-order valence-corrected chi connectivity index (χ0v) is 14.9. The highest BCUT2D eigenvalue weighted by Crippen LogP contribution is 2.46. The number of carbonyl (C=O) groups excluding carboxylic acids is 1. The van der Waals surface area contributed by atoms with E-state index in [1.165, 1.54) is 24.1 Å². The van der Waals surface area contributed by atoms with Crippen molar-refractivity contribution in [3.05, 3.63) is 53.1 Å². The normalized spacial score (nSPS) is 17.5. The highest BCUT2D eigenvalue weighted by Gasteiger charge is 2.37. The molecule has 2 aliphatic rings. The van der Waals surface area contributed by atoms with Crippen LogP contribution in [0.1, 0.15) is 40.2 Å². The maximum absolute atomic E-state index is 13.1. The molecule has 2 aromatic carbocycles. The zero-order valence-electron chi connectivity index (χ0n) is 14.1. The van der Waals surface area contributed by atoms with Gasteiger partial charge in [-0.25, -0.2) is 8.42 Å². The van der Waals surface area contributed by atoms with Gasteiger partial charge in [-0.15, -0.1) is 0 Å². The van der Waals surface area contributed by atoms with Gasteiger partial charge < -0.3 is 4.74 Å². The van der Waals surface area contributed by atoms with Crippen molar-refractivity contribution in [1.29, 1.82) is 5.26 Å². The lowest BCUT2D eigenvalue weighted by Gasteiger charge is -2.18. The number of benzene rings is 2. The molecule has 1 saturated carbocycles. The standard InChI is InChI=1S/C19H16N2O4S/c1-25-18-14(10-20)8-13(9-15(18)12-6-7-12)19(22)21-11-26(23,24)17-5-3-2-4-16(17)21/h2-5,8-9,12H,6-7,11H2,1H3. The molecule has 1 heterocycles. The average molecular weight is 368 g/mol. The summed E-state index contributed by atoms with van der Waals surface area (Å²) >= 11 is 0. The Balaban J connectivity index is 1.81. The minimum atomic E-state index is -3.54. The maximum atomic E-state index is 13.1. The van der Waals surface area contributed by atoms with E-state index in [2.05, 4.69) is 6.07 Å². The quantitative estimate of drug-likeness (QED) is 0.831. The number of nitrogens with zero attached hydrogens (tertiary/aromatic N) is 2. The number of fused-ring (bicyclic) bond motifs is 1. The van der Waals surface area contributed by atoms with Gasteiger partial charge in [-0.1, -0.05) is 12.1 Å². The number of amides is 1. The topological polar surface area (TPSA) is 87.5 Å². The van der Waals surface area contributed by atoms with Gasteiger partial charge in [-0.3, -0.25) is 9.69 Å². The third kappa shape index (κ3) is 2.54. The number of hydrogen-bond donors (Lipinski definition) is 0. The number of para-hydroxylation sites is 1. The largest absolute Gasteiger partial charge is 0.495 e. The molecule has 1 fully saturated rings. The van der Waals surface area contributed by atoms with E-state index in [1.807, 2.05) is 0 Å². The summed E-state index contributed by atoms with van der Waals surface area (Å²) in [4.78, 5) is 14.5. The third-order valence-electron chi connectivity index (χ3n) is 4.74. The minimum Gasteiger partial charge on any atom is -0.495 e. The molecule has 1 aliphatic carbocycles. The SMILES string of the molecule is COc1c(C#N)cc(C(=O)N2CS(=O)(=O)c3ccccc32)cc1C1CC1. The molecular weight excluding hydrogens is 352 g/mol. The van der Waals surface area contributed by atoms with Crippen LogP contribution in [-0.4, -0.2) is 27.3 Å². The zero-order chi connectivity index (χ0) is 18.5. The van der Waals surface area contributed by atoms with Gasteiger partial charge in [0, 0.05) is 5.56 Å². The number of rotatable bonds is 3. The molecule has 7 heteroatoms. The highest BCUT2D eigenvalue weighted by molar-refractivity contribution is 7.92. The second kappa shape index (κ2) is 5.85. The van der Waals surface area contributed by atoms with Crippen molar-refractivity contribution in [2.75, 3.05) is 17.9 Å². The molecule has 0 spiro atoms. The van der Waals surface area contributed by atoms with Gasteiger partial charge in [0.15, 0.2) is 9.84 Å². The summed E-state index contributed by atoms with van der Waals surface area (Å²) in [6.07, 6.45) is 1.97. The predicted molar refractivity (Wildman–Crippen MR) is 95.0 cm³/mol. The molecule has 4 rings (SSSR count). The molecule has 6 nitrogen and oxygen atoms in total. The minimum absolute atomic E-state index is 0.157. The summed E-state index contributed by atoms with van der Waals surface area (Å²) in [5, 5.41) is 9.44. The lowest BCUT2D eigenvalue weighted by Crippen LogP contribution is -2.30. The van der Waals surface area contributed by atoms with Gasteiger partial charge >= 0.3 is 0 Å². The summed E-state index contributed by atoms with van der Waals surface area (Å²) in [7, 11) is -2.03. The van der Waals surface area contributed by atoms with Crippen molar-refractivity contribution in [2.24, 2.45) is 0 Å². The van der Waals surface area contributed by atoms with Crippen LogP contribution in [0.3, 0.4) is 0 Å². The van der Waals surface area contributed by atoms with E-state index in [0.717, 1.165) is 18.4 Å². The summed E-state index contributed by atoms with van der Waals surface area (Å²) in [6, 6.07) is 11.7. The van der Waals surface area contributed by atoms with Gasteiger partial charge in [-0.05, 0) is 48.6 Å². The summed E-state index contributed by atoms with van der Waals surface area (Å²) < 4.78 is 30.1. The number of hydrogen-bond acceptors (Lipinski definition) is 5. The Hall–Kier alpha value is -2.85. The van der Waals surface area contributed by atoms with Crippen LogP contribution < -0.4 is 9.64 Å². The molecule has 1 aliphatic heterocycles. The van der Waals surface area contributed by atoms with E-state index < -0.39 is 21.6 Å². The molecular formula is C19H16N2O4S. The molecule has 26 heavy (non-hydrogen) atoms. The van der Waals surface area contributed by atoms with Crippen molar-refractivity contribution in [3.8, 4) is 11.8 Å². The van der Waals surface area contributed by atoms with E-state index in [4.69, 9.17) is 4.74 Å². The van der Waals surface area contributed by atoms with Crippen LogP contribution in [-0.2, 0) is 9.84 Å². The van der Waals surface area contributed by atoms with Crippen LogP contribution in [0, 0.1) is 11.3 Å². The maximum Gasteiger partial charge on any atom is 0.259 e. The van der Waals surface area contributed by atoms with Gasteiger partial charge in [0.05, 0.1) is 23.3 Å². The van der Waals surface area contributed by atoms with Gasteiger partial charge in [0.1, 0.15) is 17.7 Å². The number of sulfone groups is 1. The smallest absolute Gasteiger partial charge is 0.259 e. The second-order valence-electron chi connectivity index (χ2n) is 6.48. The van der Waals surface area contributed by atoms with Crippen molar-refractivity contribution in [3.63, 3.8) is 0 Å². The third-order valence-corrected chi connectivity index (χ3v) is 6.36. The van der Waals surface area contributed by atoms with Gasteiger partial charge in [-0.2, -0.15) is 5.26 Å². The first-order chi connectivity index (χ1) is 12.5. The molecule has 0 bridgehead atoms. The molecule has 0 N–H and O–H groups in total. The van der Waals surface area contributed by atoms with Gasteiger partial charge in [0.2, 0.25) is 0 Å². The van der Waals surface area contributed by atoms with Crippen molar-refractivity contribution in [1.82, 2.24) is 0 Å². The number of anilines is 1. The first-order valence-electron chi connectivity index (χ1n) is 8.22.